The Balaban J connectivity index is 0.000000172. The van der Waals surface area contributed by atoms with E-state index in [4.69, 9.17) is 0 Å². The van der Waals surface area contributed by atoms with Gasteiger partial charge in [0, 0.05) is 26.3 Å². The molecule has 0 N–H and O–H groups in total. The van der Waals surface area contributed by atoms with Crippen LogP contribution in [0.3, 0.4) is 0 Å². The SMILES string of the molecule is Cc1cc[c-]c(-c2cc3c(cn2)[se]c2ccccc23)n1.[Ir].[c-]1ccccc1-c1ccccn1. The maximum atomic E-state index is 4.57. The Morgan fingerprint density at radius 3 is 2.36 bits per heavy atom. The monoisotopic (exact) mass is 670 g/mol. The summed E-state index contributed by atoms with van der Waals surface area (Å²) < 4.78 is 2.80. The first-order chi connectivity index (χ1) is 15.8. The second-order valence-electron chi connectivity index (χ2n) is 7.23. The van der Waals surface area contributed by atoms with Crippen LogP contribution in [0.2, 0.25) is 0 Å². The van der Waals surface area contributed by atoms with Crippen molar-refractivity contribution in [1.82, 2.24) is 15.0 Å². The fourth-order valence-electron chi connectivity index (χ4n) is 3.45. The molecule has 6 rings (SSSR count). The van der Waals surface area contributed by atoms with Crippen LogP contribution in [0.15, 0.2) is 97.3 Å². The minimum Gasteiger partial charge on any atom is -0.305 e. The third-order valence-corrected chi connectivity index (χ3v) is 7.34. The Morgan fingerprint density at radius 1 is 0.727 bits per heavy atom. The summed E-state index contributed by atoms with van der Waals surface area (Å²) in [7, 11) is 0. The standard InChI is InChI=1S/C17H11N2Se.C11H8N.Ir/c1-11-5-4-7-14(19-11)15-9-13-12-6-2-3-8-16(12)20-17(13)10-18-15;1-2-6-10(7-3-1)11-8-4-5-9-12-11;/h2-6,8-10H,1H3;1-6,8-9H;/q2*-1;. The van der Waals surface area contributed by atoms with E-state index in [9.17, 15) is 0 Å². The first-order valence-electron chi connectivity index (χ1n) is 10.3. The molecule has 33 heavy (non-hydrogen) atoms. The zero-order valence-electron chi connectivity index (χ0n) is 17.8. The van der Waals surface area contributed by atoms with E-state index in [1.807, 2.05) is 67.7 Å². The molecule has 4 aromatic heterocycles. The van der Waals surface area contributed by atoms with Gasteiger partial charge in [-0.2, -0.15) is 0 Å². The zero-order chi connectivity index (χ0) is 21.8. The summed E-state index contributed by atoms with van der Waals surface area (Å²) in [5.74, 6) is 0. The topological polar surface area (TPSA) is 38.7 Å². The van der Waals surface area contributed by atoms with Crippen LogP contribution < -0.4 is 0 Å². The van der Waals surface area contributed by atoms with E-state index in [0.29, 0.717) is 14.5 Å². The van der Waals surface area contributed by atoms with Crippen LogP contribution in [0, 0.1) is 19.1 Å². The Hall–Kier alpha value is -2.94. The second kappa shape index (κ2) is 10.8. The molecule has 6 aromatic rings. The van der Waals surface area contributed by atoms with Crippen LogP contribution in [-0.2, 0) is 20.1 Å². The molecule has 3 nitrogen and oxygen atoms in total. The Kier molecular flexibility index (Phi) is 7.59. The third-order valence-electron chi connectivity index (χ3n) is 4.99. The van der Waals surface area contributed by atoms with Crippen molar-refractivity contribution in [2.24, 2.45) is 0 Å². The molecule has 0 unspecified atom stereocenters. The van der Waals surface area contributed by atoms with Crippen molar-refractivity contribution >= 4 is 33.8 Å². The number of hydrogen-bond donors (Lipinski definition) is 0. The van der Waals surface area contributed by atoms with Gasteiger partial charge in [-0.25, -0.2) is 0 Å². The average Bonchev–Trinajstić information content (AvgIpc) is 3.24. The van der Waals surface area contributed by atoms with E-state index in [1.165, 1.54) is 19.3 Å². The molecule has 2 aromatic carbocycles. The normalized spacial score (nSPS) is 10.3. The molecule has 0 amide bonds. The predicted molar refractivity (Wildman–Crippen MR) is 132 cm³/mol. The molecule has 0 aliphatic heterocycles. The zero-order valence-corrected chi connectivity index (χ0v) is 21.9. The molecule has 1 radical (unpaired) electrons. The van der Waals surface area contributed by atoms with E-state index in [1.54, 1.807) is 6.20 Å². The van der Waals surface area contributed by atoms with E-state index < -0.39 is 0 Å². The minimum absolute atomic E-state index is 0. The van der Waals surface area contributed by atoms with Crippen molar-refractivity contribution in [1.29, 1.82) is 0 Å². The molecule has 0 saturated heterocycles. The minimum atomic E-state index is 0. The maximum absolute atomic E-state index is 4.57. The van der Waals surface area contributed by atoms with E-state index >= 15 is 0 Å². The summed E-state index contributed by atoms with van der Waals surface area (Å²) in [6, 6.07) is 34.6. The quantitative estimate of drug-likeness (QED) is 0.164. The van der Waals surface area contributed by atoms with Crippen LogP contribution in [0.1, 0.15) is 5.69 Å². The van der Waals surface area contributed by atoms with Gasteiger partial charge < -0.3 is 4.98 Å². The van der Waals surface area contributed by atoms with Crippen molar-refractivity contribution < 1.29 is 20.1 Å². The van der Waals surface area contributed by atoms with Gasteiger partial charge in [0.2, 0.25) is 0 Å². The molecule has 4 heterocycles. The largest absolute Gasteiger partial charge is 0.305 e. The molecule has 5 heteroatoms. The predicted octanol–water partition coefficient (Wildman–Crippen LogP) is 6.16. The van der Waals surface area contributed by atoms with Gasteiger partial charge >= 0.3 is 122 Å². The van der Waals surface area contributed by atoms with Crippen molar-refractivity contribution in [3.05, 3.63) is 115 Å². The number of pyridine rings is 3. The smallest absolute Gasteiger partial charge is 0.0160 e. The molecule has 0 aliphatic rings. The number of rotatable bonds is 2. The Bertz CT molecular complexity index is 1440. The van der Waals surface area contributed by atoms with Gasteiger partial charge in [0.05, 0.1) is 0 Å². The third kappa shape index (κ3) is 5.35. The van der Waals surface area contributed by atoms with E-state index in [-0.39, 0.29) is 20.1 Å². The first-order valence-corrected chi connectivity index (χ1v) is 12.0. The summed E-state index contributed by atoms with van der Waals surface area (Å²) in [5, 5.41) is 2.65. The van der Waals surface area contributed by atoms with Gasteiger partial charge in [-0.05, 0) is 11.8 Å². The first kappa shape index (κ1) is 23.2. The number of nitrogens with zero attached hydrogens (tertiary/aromatic N) is 3. The summed E-state index contributed by atoms with van der Waals surface area (Å²) in [6.07, 6.45) is 3.79. The van der Waals surface area contributed by atoms with Crippen LogP contribution in [0.5, 0.6) is 0 Å². The molecular weight excluding hydrogens is 650 g/mol. The van der Waals surface area contributed by atoms with Crippen LogP contribution in [-0.4, -0.2) is 29.5 Å². The molecule has 0 fully saturated rings. The number of hydrogen-bond acceptors (Lipinski definition) is 3. The van der Waals surface area contributed by atoms with Gasteiger partial charge in [0.25, 0.3) is 0 Å². The molecule has 0 aliphatic carbocycles. The Morgan fingerprint density at radius 2 is 1.58 bits per heavy atom. The molecule has 163 valence electrons. The van der Waals surface area contributed by atoms with E-state index in [2.05, 4.69) is 57.4 Å². The van der Waals surface area contributed by atoms with Crippen LogP contribution >= 0.6 is 0 Å². The van der Waals surface area contributed by atoms with Crippen molar-refractivity contribution in [2.45, 2.75) is 6.92 Å². The maximum Gasteiger partial charge on any atom is 0.0160 e. The average molecular weight is 669 g/mol. The summed E-state index contributed by atoms with van der Waals surface area (Å²) >= 11 is 0.376. The summed E-state index contributed by atoms with van der Waals surface area (Å²) in [5.41, 5.74) is 4.73. The van der Waals surface area contributed by atoms with Crippen LogP contribution in [0.4, 0.5) is 0 Å². The summed E-state index contributed by atoms with van der Waals surface area (Å²) in [4.78, 5) is 13.3. The molecule has 0 bridgehead atoms. The van der Waals surface area contributed by atoms with Crippen molar-refractivity contribution in [3.8, 4) is 22.6 Å². The van der Waals surface area contributed by atoms with Gasteiger partial charge in [-0.3, -0.25) is 0 Å². The van der Waals surface area contributed by atoms with Crippen molar-refractivity contribution in [2.75, 3.05) is 0 Å². The van der Waals surface area contributed by atoms with Crippen LogP contribution in [0.25, 0.3) is 41.9 Å². The fourth-order valence-corrected chi connectivity index (χ4v) is 5.67. The summed E-state index contributed by atoms with van der Waals surface area (Å²) in [6.45, 7) is 1.99. The van der Waals surface area contributed by atoms with Gasteiger partial charge in [0.15, 0.2) is 0 Å². The number of aryl methyl sites for hydroxylation is 1. The second-order valence-corrected chi connectivity index (χ2v) is 9.51. The van der Waals surface area contributed by atoms with Gasteiger partial charge in [-0.1, -0.05) is 12.1 Å². The molecule has 0 spiro atoms. The van der Waals surface area contributed by atoms with E-state index in [0.717, 1.165) is 28.3 Å². The van der Waals surface area contributed by atoms with Crippen molar-refractivity contribution in [3.63, 3.8) is 0 Å². The molecule has 0 atom stereocenters. The fraction of sp³-hybridized carbons (Fsp3) is 0.0357. The van der Waals surface area contributed by atoms with Gasteiger partial charge in [-0.15, -0.1) is 35.9 Å². The van der Waals surface area contributed by atoms with Gasteiger partial charge in [0.1, 0.15) is 0 Å². The number of fused-ring (bicyclic) bond motifs is 3. The molecule has 0 saturated carbocycles. The number of aromatic nitrogens is 3. The number of benzene rings is 2. The molecular formula is C28H19IrN3Se-2. The Labute approximate surface area is 212 Å².